The van der Waals surface area contributed by atoms with Gasteiger partial charge in [-0.25, -0.2) is 37.3 Å². The molecule has 1 aliphatic heterocycles. The highest BCUT2D eigenvalue weighted by molar-refractivity contribution is 5.89. The summed E-state index contributed by atoms with van der Waals surface area (Å²) in [6, 6.07) is -0.0985. The first kappa shape index (κ1) is 26.2. The number of pyridine rings is 1. The Morgan fingerprint density at radius 2 is 1.97 bits per heavy atom. The van der Waals surface area contributed by atoms with Crippen molar-refractivity contribution in [1.82, 2.24) is 19.9 Å². The maximum absolute atomic E-state index is 14.2. The Labute approximate surface area is 207 Å². The molecule has 2 fully saturated rings. The second-order valence-corrected chi connectivity index (χ2v) is 10.6. The smallest absolute Gasteiger partial charge is 0.410 e. The maximum Gasteiger partial charge on any atom is 0.410 e. The predicted molar refractivity (Wildman–Crippen MR) is 127 cm³/mol. The van der Waals surface area contributed by atoms with Crippen LogP contribution in [0, 0.1) is 5.92 Å². The van der Waals surface area contributed by atoms with E-state index in [0.29, 0.717) is 25.9 Å². The van der Waals surface area contributed by atoms with Crippen molar-refractivity contribution in [2.45, 2.75) is 83.4 Å². The minimum absolute atomic E-state index is 0.0414. The van der Waals surface area contributed by atoms with E-state index in [4.69, 9.17) is 4.74 Å². The molecule has 0 bridgehead atoms. The van der Waals surface area contributed by atoms with Crippen LogP contribution in [-0.4, -0.2) is 62.6 Å². The summed E-state index contributed by atoms with van der Waals surface area (Å²) in [7, 11) is 0. The Morgan fingerprint density at radius 3 is 2.58 bits per heavy atom. The summed E-state index contributed by atoms with van der Waals surface area (Å²) in [5.41, 5.74) is -0.918. The largest absolute Gasteiger partial charge is 0.444 e. The molecule has 1 aliphatic carbocycles. The number of ether oxygens (including phenoxy) is 1. The van der Waals surface area contributed by atoms with E-state index in [1.54, 1.807) is 4.90 Å². The molecule has 1 amide bonds. The lowest BCUT2D eigenvalue weighted by atomic mass is 9.94. The first-order chi connectivity index (χ1) is 16.8. The fraction of sp³-hybridized carbons (Fsp3) is 0.667. The number of nitrogens with zero attached hydrogens (tertiary/aromatic N) is 4. The summed E-state index contributed by atoms with van der Waals surface area (Å²) < 4.78 is 60.8. The van der Waals surface area contributed by atoms with Crippen LogP contribution in [0.15, 0.2) is 12.3 Å². The van der Waals surface area contributed by atoms with Gasteiger partial charge in [-0.2, -0.15) is 0 Å². The normalized spacial score (nSPS) is 24.2. The molecule has 1 saturated heterocycles. The van der Waals surface area contributed by atoms with E-state index in [1.807, 2.05) is 27.7 Å². The van der Waals surface area contributed by atoms with E-state index < -0.39 is 29.7 Å². The van der Waals surface area contributed by atoms with Crippen LogP contribution < -0.4 is 10.6 Å². The van der Waals surface area contributed by atoms with Gasteiger partial charge in [0.05, 0.1) is 6.04 Å². The quantitative estimate of drug-likeness (QED) is 0.503. The minimum Gasteiger partial charge on any atom is -0.444 e. The van der Waals surface area contributed by atoms with Gasteiger partial charge in [-0.3, -0.25) is 0 Å². The molecule has 0 unspecified atom stereocenters. The Kier molecular flexibility index (Phi) is 7.16. The van der Waals surface area contributed by atoms with Crippen LogP contribution in [0.1, 0.15) is 65.5 Å². The van der Waals surface area contributed by atoms with Gasteiger partial charge in [0.25, 0.3) is 12.3 Å². The number of anilines is 2. The molecular weight excluding hydrogens is 480 g/mol. The van der Waals surface area contributed by atoms with Gasteiger partial charge in [0, 0.05) is 37.1 Å². The molecule has 1 saturated carbocycles. The lowest BCUT2D eigenvalue weighted by molar-refractivity contribution is -0.000692. The van der Waals surface area contributed by atoms with Crippen LogP contribution in [0.2, 0.25) is 0 Å². The molecule has 3 atom stereocenters. The summed E-state index contributed by atoms with van der Waals surface area (Å²) in [4.78, 5) is 26.7. The topological polar surface area (TPSA) is 92.3 Å². The summed E-state index contributed by atoms with van der Waals surface area (Å²) in [5.74, 6) is -2.79. The lowest BCUT2D eigenvalue weighted by Gasteiger charge is -2.37. The number of halogens is 4. The molecule has 0 radical (unpaired) electrons. The van der Waals surface area contributed by atoms with Gasteiger partial charge in [-0.05, 0) is 52.0 Å². The summed E-state index contributed by atoms with van der Waals surface area (Å²) in [6.07, 6.45) is -0.958. The number of hydrogen-bond donors (Lipinski definition) is 2. The van der Waals surface area contributed by atoms with Crippen LogP contribution in [0.3, 0.4) is 0 Å². The van der Waals surface area contributed by atoms with E-state index in [2.05, 4.69) is 25.6 Å². The van der Waals surface area contributed by atoms with Crippen LogP contribution in [0.4, 0.5) is 34.1 Å². The number of rotatable bonds is 5. The van der Waals surface area contributed by atoms with Crippen molar-refractivity contribution < 1.29 is 27.1 Å². The SMILES string of the molecule is C[C@@H]1CN(C(=O)OC(C)(C)C)CC[C@@H]1Nc1ncc2cc(C(F)F)nc(N[C@H]3CCCC3(F)F)c2n1. The third-order valence-electron chi connectivity index (χ3n) is 6.50. The van der Waals surface area contributed by atoms with Gasteiger partial charge in [-0.1, -0.05) is 6.92 Å². The number of aromatic nitrogens is 3. The third kappa shape index (κ3) is 5.89. The van der Waals surface area contributed by atoms with Gasteiger partial charge < -0.3 is 20.3 Å². The van der Waals surface area contributed by atoms with Gasteiger partial charge in [0.2, 0.25) is 5.95 Å². The second kappa shape index (κ2) is 9.85. The number of carbonyl (C=O) groups is 1. The molecule has 2 aromatic rings. The van der Waals surface area contributed by atoms with Gasteiger partial charge in [-0.15, -0.1) is 0 Å². The number of fused-ring (bicyclic) bond motifs is 1. The highest BCUT2D eigenvalue weighted by atomic mass is 19.3. The molecule has 0 spiro atoms. The molecule has 36 heavy (non-hydrogen) atoms. The molecular formula is C24H32F4N6O2. The van der Waals surface area contributed by atoms with Crippen LogP contribution >= 0.6 is 0 Å². The van der Waals surface area contributed by atoms with Crippen LogP contribution in [0.25, 0.3) is 10.9 Å². The summed E-state index contributed by atoms with van der Waals surface area (Å²) in [5, 5.41) is 6.21. The molecule has 2 N–H and O–H groups in total. The predicted octanol–water partition coefficient (Wildman–Crippen LogP) is 5.62. The van der Waals surface area contributed by atoms with E-state index in [1.165, 1.54) is 12.3 Å². The zero-order valence-corrected chi connectivity index (χ0v) is 20.8. The molecule has 12 heteroatoms. The number of nitrogens with one attached hydrogen (secondary N) is 2. The minimum atomic E-state index is -2.96. The molecule has 0 aromatic carbocycles. The van der Waals surface area contributed by atoms with Crippen molar-refractivity contribution >= 4 is 28.8 Å². The van der Waals surface area contributed by atoms with Crippen LogP contribution in [0.5, 0.6) is 0 Å². The van der Waals surface area contributed by atoms with Gasteiger partial charge >= 0.3 is 6.09 Å². The van der Waals surface area contributed by atoms with Crippen molar-refractivity contribution in [3.63, 3.8) is 0 Å². The van der Waals surface area contributed by atoms with Gasteiger partial charge in [0.15, 0.2) is 5.82 Å². The van der Waals surface area contributed by atoms with E-state index in [0.717, 1.165) is 0 Å². The molecule has 2 aliphatic rings. The first-order valence-corrected chi connectivity index (χ1v) is 12.2. The number of likely N-dealkylation sites (tertiary alicyclic amines) is 1. The summed E-state index contributed by atoms with van der Waals surface area (Å²) in [6.45, 7) is 8.39. The van der Waals surface area contributed by atoms with E-state index in [-0.39, 0.29) is 53.6 Å². The average Bonchev–Trinajstić information content (AvgIpc) is 3.11. The van der Waals surface area contributed by atoms with Crippen LogP contribution in [-0.2, 0) is 4.74 Å². The zero-order chi connectivity index (χ0) is 26.3. The Balaban J connectivity index is 1.53. The Bertz CT molecular complexity index is 1110. The highest BCUT2D eigenvalue weighted by Gasteiger charge is 2.44. The average molecular weight is 513 g/mol. The fourth-order valence-electron chi connectivity index (χ4n) is 4.63. The van der Waals surface area contributed by atoms with Crippen molar-refractivity contribution in [1.29, 1.82) is 0 Å². The maximum atomic E-state index is 14.2. The molecule has 3 heterocycles. The van der Waals surface area contributed by atoms with Crippen molar-refractivity contribution in [3.05, 3.63) is 18.0 Å². The standard InChI is InChI=1S/C24H32F4N6O2/c1-13-12-34(22(35)36-23(2,3)4)9-7-15(13)31-21-29-11-14-10-16(19(25)26)30-20(18(14)33-21)32-17-6-5-8-24(17,27)28/h10-11,13,15,17,19H,5-9,12H2,1-4H3,(H,30,32)(H,29,31,33)/t13-,15+,17+/m1/s1. The van der Waals surface area contributed by atoms with Crippen molar-refractivity contribution in [2.24, 2.45) is 5.92 Å². The molecule has 4 rings (SSSR count). The molecule has 198 valence electrons. The molecule has 2 aromatic heterocycles. The number of amides is 1. The van der Waals surface area contributed by atoms with E-state index >= 15 is 0 Å². The lowest BCUT2D eigenvalue weighted by Crippen LogP contribution is -2.49. The van der Waals surface area contributed by atoms with Crippen molar-refractivity contribution in [2.75, 3.05) is 23.7 Å². The second-order valence-electron chi connectivity index (χ2n) is 10.6. The Morgan fingerprint density at radius 1 is 1.22 bits per heavy atom. The van der Waals surface area contributed by atoms with E-state index in [9.17, 15) is 22.4 Å². The summed E-state index contributed by atoms with van der Waals surface area (Å²) >= 11 is 0. The third-order valence-corrected chi connectivity index (χ3v) is 6.50. The number of piperidine rings is 1. The number of hydrogen-bond acceptors (Lipinski definition) is 7. The zero-order valence-electron chi connectivity index (χ0n) is 20.8. The number of alkyl halides is 4. The first-order valence-electron chi connectivity index (χ1n) is 12.2. The van der Waals surface area contributed by atoms with Gasteiger partial charge in [0.1, 0.15) is 16.8 Å². The Hall–Kier alpha value is -2.92. The fourth-order valence-corrected chi connectivity index (χ4v) is 4.63. The highest BCUT2D eigenvalue weighted by Crippen LogP contribution is 2.38. The monoisotopic (exact) mass is 512 g/mol. The van der Waals surface area contributed by atoms with Crippen molar-refractivity contribution in [3.8, 4) is 0 Å². The molecule has 8 nitrogen and oxygen atoms in total. The number of carbonyl (C=O) groups excluding carboxylic acids is 1.